The van der Waals surface area contributed by atoms with E-state index in [4.69, 9.17) is 5.11 Å². The summed E-state index contributed by atoms with van der Waals surface area (Å²) in [5.41, 5.74) is 1.15. The van der Waals surface area contributed by atoms with Crippen LogP contribution in [-0.4, -0.2) is 40.9 Å². The van der Waals surface area contributed by atoms with E-state index in [-0.39, 0.29) is 23.7 Å². The Bertz CT molecular complexity index is 631. The highest BCUT2D eigenvalue weighted by Gasteiger charge is 2.30. The smallest absolute Gasteiger partial charge is 0.306 e. The van der Waals surface area contributed by atoms with Crippen molar-refractivity contribution < 1.29 is 19.5 Å². The first-order chi connectivity index (χ1) is 11.0. The number of piperidine rings is 1. The highest BCUT2D eigenvalue weighted by atomic mass is 16.4. The number of benzene rings is 1. The van der Waals surface area contributed by atoms with Crippen LogP contribution in [0.3, 0.4) is 0 Å². The molecule has 0 radical (unpaired) electrons. The molecule has 6 nitrogen and oxygen atoms in total. The van der Waals surface area contributed by atoms with Crippen LogP contribution in [0, 0.1) is 11.8 Å². The number of nitrogens with one attached hydrogen (secondary N) is 1. The zero-order valence-corrected chi connectivity index (χ0v) is 12.8. The molecule has 2 fully saturated rings. The second-order valence-corrected chi connectivity index (χ2v) is 6.25. The van der Waals surface area contributed by atoms with E-state index in [1.807, 2.05) is 0 Å². The minimum absolute atomic E-state index is 0.0110. The van der Waals surface area contributed by atoms with Crippen LogP contribution < -0.4 is 5.32 Å². The van der Waals surface area contributed by atoms with Crippen LogP contribution in [0.4, 0.5) is 5.69 Å². The molecule has 1 heterocycles. The third-order valence-corrected chi connectivity index (χ3v) is 4.46. The second kappa shape index (κ2) is 6.40. The van der Waals surface area contributed by atoms with Gasteiger partial charge in [-0.1, -0.05) is 6.07 Å². The molecule has 0 spiro atoms. The van der Waals surface area contributed by atoms with Crippen molar-refractivity contribution in [3.63, 3.8) is 0 Å². The summed E-state index contributed by atoms with van der Waals surface area (Å²) in [6, 6.07) is 6.93. The first kappa shape index (κ1) is 15.5. The van der Waals surface area contributed by atoms with Crippen molar-refractivity contribution in [3.8, 4) is 0 Å². The normalized spacial score (nSPS) is 18.5. The topological polar surface area (TPSA) is 86.7 Å². The van der Waals surface area contributed by atoms with Gasteiger partial charge in [0.05, 0.1) is 5.92 Å². The number of aliphatic carboxylic acids is 1. The van der Waals surface area contributed by atoms with E-state index in [9.17, 15) is 14.4 Å². The van der Waals surface area contributed by atoms with Crippen LogP contribution in [0.15, 0.2) is 24.3 Å². The summed E-state index contributed by atoms with van der Waals surface area (Å²) in [4.78, 5) is 37.0. The van der Waals surface area contributed by atoms with Crippen LogP contribution in [-0.2, 0) is 9.59 Å². The third kappa shape index (κ3) is 3.70. The molecule has 2 N–H and O–H groups in total. The molecular weight excluding hydrogens is 296 g/mol. The summed E-state index contributed by atoms with van der Waals surface area (Å²) in [5, 5.41) is 11.8. The summed E-state index contributed by atoms with van der Waals surface area (Å²) in [5.74, 6) is -1.14. The Morgan fingerprint density at radius 1 is 1.04 bits per heavy atom. The van der Waals surface area contributed by atoms with Gasteiger partial charge in [0, 0.05) is 30.3 Å². The predicted molar refractivity (Wildman–Crippen MR) is 84.1 cm³/mol. The van der Waals surface area contributed by atoms with Crippen molar-refractivity contribution in [2.24, 2.45) is 11.8 Å². The minimum Gasteiger partial charge on any atom is -0.481 e. The van der Waals surface area contributed by atoms with Crippen LogP contribution >= 0.6 is 0 Å². The molecule has 1 aromatic rings. The molecule has 23 heavy (non-hydrogen) atoms. The van der Waals surface area contributed by atoms with Crippen LogP contribution in [0.1, 0.15) is 36.0 Å². The quantitative estimate of drug-likeness (QED) is 0.889. The van der Waals surface area contributed by atoms with E-state index < -0.39 is 5.97 Å². The lowest BCUT2D eigenvalue weighted by Crippen LogP contribution is -2.40. The number of nitrogens with zero attached hydrogens (tertiary/aromatic N) is 1. The molecule has 0 aromatic heterocycles. The Balaban J connectivity index is 1.63. The number of carbonyl (C=O) groups excluding carboxylic acids is 2. The summed E-state index contributed by atoms with van der Waals surface area (Å²) in [6.07, 6.45) is 2.84. The van der Waals surface area contributed by atoms with Crippen LogP contribution in [0.25, 0.3) is 0 Å². The Kier molecular flexibility index (Phi) is 4.32. The molecule has 3 rings (SSSR count). The van der Waals surface area contributed by atoms with Gasteiger partial charge in [-0.15, -0.1) is 0 Å². The maximum atomic E-state index is 12.5. The van der Waals surface area contributed by atoms with Crippen molar-refractivity contribution in [3.05, 3.63) is 29.8 Å². The molecule has 0 unspecified atom stereocenters. The first-order valence-electron chi connectivity index (χ1n) is 7.97. The SMILES string of the molecule is O=C(O)C1CCN(C(=O)c2cccc(NC(=O)C3CC3)c2)CC1. The van der Waals surface area contributed by atoms with Crippen LogP contribution in [0.5, 0.6) is 0 Å². The van der Waals surface area contributed by atoms with Gasteiger partial charge in [-0.3, -0.25) is 14.4 Å². The van der Waals surface area contributed by atoms with Gasteiger partial charge in [-0.25, -0.2) is 0 Å². The van der Waals surface area contributed by atoms with Gasteiger partial charge < -0.3 is 15.3 Å². The first-order valence-corrected chi connectivity index (χ1v) is 7.97. The zero-order chi connectivity index (χ0) is 16.4. The van der Waals surface area contributed by atoms with Crippen molar-refractivity contribution in [2.75, 3.05) is 18.4 Å². The van der Waals surface area contributed by atoms with Crippen molar-refractivity contribution in [2.45, 2.75) is 25.7 Å². The Morgan fingerprint density at radius 3 is 2.35 bits per heavy atom. The molecule has 6 heteroatoms. The monoisotopic (exact) mass is 316 g/mol. The van der Waals surface area contributed by atoms with E-state index in [0.29, 0.717) is 37.2 Å². The number of carboxylic acids is 1. The van der Waals surface area contributed by atoms with E-state index in [1.165, 1.54) is 0 Å². The van der Waals surface area contributed by atoms with Gasteiger partial charge in [0.2, 0.25) is 5.91 Å². The Morgan fingerprint density at radius 2 is 1.74 bits per heavy atom. The number of anilines is 1. The number of carbonyl (C=O) groups is 3. The van der Waals surface area contributed by atoms with Crippen molar-refractivity contribution >= 4 is 23.5 Å². The maximum absolute atomic E-state index is 12.5. The number of hydrogen-bond donors (Lipinski definition) is 2. The lowest BCUT2D eigenvalue weighted by Gasteiger charge is -2.30. The van der Waals surface area contributed by atoms with Crippen molar-refractivity contribution in [1.29, 1.82) is 0 Å². The lowest BCUT2D eigenvalue weighted by atomic mass is 9.96. The van der Waals surface area contributed by atoms with Gasteiger partial charge >= 0.3 is 5.97 Å². The number of amides is 2. The standard InChI is InChI=1S/C17H20N2O4/c20-15(11-4-5-11)18-14-3-1-2-13(10-14)16(21)19-8-6-12(7-9-19)17(22)23/h1-3,10-12H,4-9H2,(H,18,20)(H,22,23). The lowest BCUT2D eigenvalue weighted by molar-refractivity contribution is -0.143. The number of carboxylic acid groups (broad SMARTS) is 1. The highest BCUT2D eigenvalue weighted by molar-refractivity contribution is 5.98. The zero-order valence-electron chi connectivity index (χ0n) is 12.8. The average Bonchev–Trinajstić information content (AvgIpc) is 3.39. The molecule has 1 saturated heterocycles. The Hall–Kier alpha value is -2.37. The van der Waals surface area contributed by atoms with E-state index in [1.54, 1.807) is 29.2 Å². The molecule has 122 valence electrons. The van der Waals surface area contributed by atoms with Crippen LogP contribution in [0.2, 0.25) is 0 Å². The summed E-state index contributed by atoms with van der Waals surface area (Å²) < 4.78 is 0. The fourth-order valence-corrected chi connectivity index (χ4v) is 2.83. The predicted octanol–water partition coefficient (Wildman–Crippen LogP) is 1.97. The fourth-order valence-electron chi connectivity index (χ4n) is 2.83. The highest BCUT2D eigenvalue weighted by Crippen LogP contribution is 2.30. The van der Waals surface area contributed by atoms with Gasteiger partial charge in [-0.05, 0) is 43.9 Å². The van der Waals surface area contributed by atoms with Gasteiger partial charge in [0.15, 0.2) is 0 Å². The maximum Gasteiger partial charge on any atom is 0.306 e. The molecule has 1 saturated carbocycles. The van der Waals surface area contributed by atoms with E-state index in [0.717, 1.165) is 12.8 Å². The fraction of sp³-hybridized carbons (Fsp3) is 0.471. The largest absolute Gasteiger partial charge is 0.481 e. The molecule has 2 aliphatic rings. The number of likely N-dealkylation sites (tertiary alicyclic amines) is 1. The molecule has 0 bridgehead atoms. The summed E-state index contributed by atoms with van der Waals surface area (Å²) >= 11 is 0. The molecule has 1 aliphatic heterocycles. The molecule has 2 amide bonds. The van der Waals surface area contributed by atoms with Crippen molar-refractivity contribution in [1.82, 2.24) is 4.90 Å². The summed E-state index contributed by atoms with van der Waals surface area (Å²) in [6.45, 7) is 0.906. The second-order valence-electron chi connectivity index (χ2n) is 6.25. The third-order valence-electron chi connectivity index (χ3n) is 4.46. The Labute approximate surface area is 134 Å². The van der Waals surface area contributed by atoms with Gasteiger partial charge in [-0.2, -0.15) is 0 Å². The van der Waals surface area contributed by atoms with E-state index in [2.05, 4.69) is 5.32 Å². The summed E-state index contributed by atoms with van der Waals surface area (Å²) in [7, 11) is 0. The van der Waals surface area contributed by atoms with Gasteiger partial charge in [0.25, 0.3) is 5.91 Å². The number of hydrogen-bond acceptors (Lipinski definition) is 3. The molecular formula is C17H20N2O4. The average molecular weight is 316 g/mol. The number of rotatable bonds is 4. The van der Waals surface area contributed by atoms with Gasteiger partial charge in [0.1, 0.15) is 0 Å². The molecule has 1 aliphatic carbocycles. The molecule has 0 atom stereocenters. The minimum atomic E-state index is -0.790. The molecule has 1 aromatic carbocycles. The van der Waals surface area contributed by atoms with E-state index >= 15 is 0 Å².